The molecule has 2 N–H and O–H groups in total. The van der Waals surface area contributed by atoms with Crippen LogP contribution in [0.3, 0.4) is 0 Å². The van der Waals surface area contributed by atoms with Gasteiger partial charge in [-0.3, -0.25) is 0 Å². The SMILES string of the molecule is COc1ccccc1C(N)COc1cc(C)cc(C)c1C. The summed E-state index contributed by atoms with van der Waals surface area (Å²) in [4.78, 5) is 0. The van der Waals surface area contributed by atoms with Crippen molar-refractivity contribution in [3.8, 4) is 11.5 Å². The van der Waals surface area contributed by atoms with Crippen LogP contribution in [0.1, 0.15) is 28.3 Å². The summed E-state index contributed by atoms with van der Waals surface area (Å²) in [6, 6.07) is 11.8. The highest BCUT2D eigenvalue weighted by Crippen LogP contribution is 2.27. The maximum absolute atomic E-state index is 6.24. The second-order valence-electron chi connectivity index (χ2n) is 5.36. The Morgan fingerprint density at radius 3 is 2.48 bits per heavy atom. The van der Waals surface area contributed by atoms with Crippen molar-refractivity contribution in [2.75, 3.05) is 13.7 Å². The first-order chi connectivity index (χ1) is 10.0. The molecule has 0 fully saturated rings. The average Bonchev–Trinajstić information content (AvgIpc) is 2.49. The number of methoxy groups -OCH3 is 1. The number of ether oxygens (including phenoxy) is 2. The minimum atomic E-state index is -0.221. The predicted molar refractivity (Wildman–Crippen MR) is 86.1 cm³/mol. The van der Waals surface area contributed by atoms with E-state index < -0.39 is 0 Å². The number of para-hydroxylation sites is 1. The Kier molecular flexibility index (Phi) is 4.86. The smallest absolute Gasteiger partial charge is 0.123 e. The van der Waals surface area contributed by atoms with Crippen LogP contribution < -0.4 is 15.2 Å². The summed E-state index contributed by atoms with van der Waals surface area (Å²) < 4.78 is 11.3. The Hall–Kier alpha value is -2.00. The van der Waals surface area contributed by atoms with Gasteiger partial charge in [-0.05, 0) is 49.6 Å². The van der Waals surface area contributed by atoms with E-state index in [1.165, 1.54) is 11.1 Å². The molecule has 112 valence electrons. The molecule has 0 heterocycles. The van der Waals surface area contributed by atoms with Crippen molar-refractivity contribution < 1.29 is 9.47 Å². The Morgan fingerprint density at radius 2 is 1.76 bits per heavy atom. The number of nitrogens with two attached hydrogens (primary N) is 1. The van der Waals surface area contributed by atoms with Crippen LogP contribution in [0.4, 0.5) is 0 Å². The van der Waals surface area contributed by atoms with Crippen molar-refractivity contribution in [1.82, 2.24) is 0 Å². The molecular weight excluding hydrogens is 262 g/mol. The second kappa shape index (κ2) is 6.64. The molecule has 0 amide bonds. The minimum Gasteiger partial charge on any atom is -0.496 e. The third kappa shape index (κ3) is 3.56. The number of benzene rings is 2. The Bertz CT molecular complexity index is 623. The van der Waals surface area contributed by atoms with Gasteiger partial charge in [-0.25, -0.2) is 0 Å². The van der Waals surface area contributed by atoms with E-state index in [4.69, 9.17) is 15.2 Å². The van der Waals surface area contributed by atoms with Gasteiger partial charge < -0.3 is 15.2 Å². The molecule has 0 bridgehead atoms. The summed E-state index contributed by atoms with van der Waals surface area (Å²) in [5, 5.41) is 0. The molecule has 0 radical (unpaired) electrons. The lowest BCUT2D eigenvalue weighted by Crippen LogP contribution is -2.20. The molecule has 0 aliphatic rings. The summed E-state index contributed by atoms with van der Waals surface area (Å²) in [6.07, 6.45) is 0. The third-order valence-corrected chi connectivity index (χ3v) is 3.72. The van der Waals surface area contributed by atoms with Crippen LogP contribution in [0.25, 0.3) is 0 Å². The van der Waals surface area contributed by atoms with E-state index in [1.807, 2.05) is 24.3 Å². The average molecular weight is 285 g/mol. The topological polar surface area (TPSA) is 44.5 Å². The lowest BCUT2D eigenvalue weighted by atomic mass is 10.1. The lowest BCUT2D eigenvalue weighted by Gasteiger charge is -2.18. The van der Waals surface area contributed by atoms with Crippen LogP contribution in [-0.2, 0) is 0 Å². The highest BCUT2D eigenvalue weighted by molar-refractivity contribution is 5.42. The van der Waals surface area contributed by atoms with E-state index in [1.54, 1.807) is 7.11 Å². The number of hydrogen-bond donors (Lipinski definition) is 1. The van der Waals surface area contributed by atoms with Gasteiger partial charge in [0.15, 0.2) is 0 Å². The fourth-order valence-corrected chi connectivity index (χ4v) is 2.39. The van der Waals surface area contributed by atoms with E-state index in [2.05, 4.69) is 32.9 Å². The second-order valence-corrected chi connectivity index (χ2v) is 5.36. The molecule has 0 aromatic heterocycles. The summed E-state index contributed by atoms with van der Waals surface area (Å²) in [5.74, 6) is 1.70. The van der Waals surface area contributed by atoms with Gasteiger partial charge in [0.05, 0.1) is 13.2 Å². The van der Waals surface area contributed by atoms with E-state index >= 15 is 0 Å². The molecule has 3 heteroatoms. The van der Waals surface area contributed by atoms with Gasteiger partial charge in [0.25, 0.3) is 0 Å². The molecule has 0 saturated heterocycles. The highest BCUT2D eigenvalue weighted by atomic mass is 16.5. The predicted octanol–water partition coefficient (Wildman–Crippen LogP) is 3.70. The Balaban J connectivity index is 2.13. The van der Waals surface area contributed by atoms with E-state index in [9.17, 15) is 0 Å². The minimum absolute atomic E-state index is 0.221. The summed E-state index contributed by atoms with van der Waals surface area (Å²) in [7, 11) is 1.65. The van der Waals surface area contributed by atoms with Gasteiger partial charge >= 0.3 is 0 Å². The van der Waals surface area contributed by atoms with Crippen molar-refractivity contribution in [3.63, 3.8) is 0 Å². The summed E-state index contributed by atoms with van der Waals surface area (Å²) in [6.45, 7) is 6.65. The first-order valence-corrected chi connectivity index (χ1v) is 7.12. The van der Waals surface area contributed by atoms with Gasteiger partial charge in [-0.1, -0.05) is 24.3 Å². The Labute approximate surface area is 126 Å². The van der Waals surface area contributed by atoms with Crippen LogP contribution in [0.5, 0.6) is 11.5 Å². The number of hydrogen-bond acceptors (Lipinski definition) is 3. The van der Waals surface area contributed by atoms with Crippen LogP contribution in [0.2, 0.25) is 0 Å². The third-order valence-electron chi connectivity index (χ3n) is 3.72. The van der Waals surface area contributed by atoms with Crippen molar-refractivity contribution >= 4 is 0 Å². The fourth-order valence-electron chi connectivity index (χ4n) is 2.39. The quantitative estimate of drug-likeness (QED) is 0.911. The van der Waals surface area contributed by atoms with Crippen LogP contribution >= 0.6 is 0 Å². The van der Waals surface area contributed by atoms with Gasteiger partial charge in [0.1, 0.15) is 18.1 Å². The van der Waals surface area contributed by atoms with Crippen molar-refractivity contribution in [2.45, 2.75) is 26.8 Å². The fraction of sp³-hybridized carbons (Fsp3) is 0.333. The van der Waals surface area contributed by atoms with Crippen LogP contribution in [-0.4, -0.2) is 13.7 Å². The molecule has 21 heavy (non-hydrogen) atoms. The molecule has 1 atom stereocenters. The van der Waals surface area contributed by atoms with Crippen molar-refractivity contribution in [2.24, 2.45) is 5.73 Å². The molecule has 0 aliphatic heterocycles. The standard InChI is InChI=1S/C18H23NO2/c1-12-9-13(2)14(3)18(10-12)21-11-16(19)15-7-5-6-8-17(15)20-4/h5-10,16H,11,19H2,1-4H3. The Morgan fingerprint density at radius 1 is 1.05 bits per heavy atom. The zero-order chi connectivity index (χ0) is 15.4. The summed E-state index contributed by atoms with van der Waals surface area (Å²) in [5.41, 5.74) is 10.8. The first-order valence-electron chi connectivity index (χ1n) is 7.12. The maximum atomic E-state index is 6.24. The van der Waals surface area contributed by atoms with E-state index in [-0.39, 0.29) is 6.04 Å². The molecule has 3 nitrogen and oxygen atoms in total. The zero-order valence-electron chi connectivity index (χ0n) is 13.1. The van der Waals surface area contributed by atoms with E-state index in [0.29, 0.717) is 6.61 Å². The van der Waals surface area contributed by atoms with Crippen molar-refractivity contribution in [1.29, 1.82) is 0 Å². The molecule has 2 aromatic rings. The molecule has 1 unspecified atom stereocenters. The van der Waals surface area contributed by atoms with Gasteiger partial charge in [0, 0.05) is 5.56 Å². The summed E-state index contributed by atoms with van der Waals surface area (Å²) >= 11 is 0. The molecule has 2 rings (SSSR count). The van der Waals surface area contributed by atoms with Gasteiger partial charge in [0.2, 0.25) is 0 Å². The van der Waals surface area contributed by atoms with E-state index in [0.717, 1.165) is 22.6 Å². The lowest BCUT2D eigenvalue weighted by molar-refractivity contribution is 0.284. The molecule has 0 aliphatic carbocycles. The number of aryl methyl sites for hydroxylation is 2. The highest BCUT2D eigenvalue weighted by Gasteiger charge is 2.13. The first kappa shape index (κ1) is 15.4. The van der Waals surface area contributed by atoms with Crippen LogP contribution in [0, 0.1) is 20.8 Å². The van der Waals surface area contributed by atoms with Gasteiger partial charge in [-0.15, -0.1) is 0 Å². The molecule has 0 spiro atoms. The monoisotopic (exact) mass is 285 g/mol. The zero-order valence-corrected chi connectivity index (χ0v) is 13.1. The van der Waals surface area contributed by atoms with Crippen molar-refractivity contribution in [3.05, 3.63) is 58.7 Å². The maximum Gasteiger partial charge on any atom is 0.123 e. The normalized spacial score (nSPS) is 12.0. The van der Waals surface area contributed by atoms with Crippen LogP contribution in [0.15, 0.2) is 36.4 Å². The van der Waals surface area contributed by atoms with Gasteiger partial charge in [-0.2, -0.15) is 0 Å². The molecule has 2 aromatic carbocycles. The molecular formula is C18H23NO2. The largest absolute Gasteiger partial charge is 0.496 e. The molecule has 0 saturated carbocycles. The number of rotatable bonds is 5.